The largest absolute Gasteiger partial charge is 0.352 e. The van der Waals surface area contributed by atoms with Crippen molar-refractivity contribution in [2.45, 2.75) is 51.6 Å². The zero-order valence-electron chi connectivity index (χ0n) is 18.3. The number of amides is 2. The van der Waals surface area contributed by atoms with E-state index in [9.17, 15) is 14.0 Å². The Morgan fingerprint density at radius 2 is 1.78 bits per heavy atom. The number of rotatable bonds is 8. The third kappa shape index (κ3) is 5.22. The highest BCUT2D eigenvalue weighted by Gasteiger charge is 2.29. The van der Waals surface area contributed by atoms with E-state index in [0.717, 1.165) is 41.0 Å². The van der Waals surface area contributed by atoms with Gasteiger partial charge >= 0.3 is 0 Å². The van der Waals surface area contributed by atoms with Crippen LogP contribution in [0.1, 0.15) is 35.4 Å². The molecule has 1 aliphatic rings. The van der Waals surface area contributed by atoms with Crippen LogP contribution >= 0.6 is 0 Å². The fourth-order valence-corrected chi connectivity index (χ4v) is 3.76. The van der Waals surface area contributed by atoms with Gasteiger partial charge in [0.2, 0.25) is 11.8 Å². The van der Waals surface area contributed by atoms with Gasteiger partial charge in [-0.15, -0.1) is 0 Å². The molecule has 0 spiro atoms. The fraction of sp³-hybridized carbons (Fsp3) is 0.320. The van der Waals surface area contributed by atoms with Gasteiger partial charge in [0.1, 0.15) is 11.9 Å². The summed E-state index contributed by atoms with van der Waals surface area (Å²) in [6, 6.07) is 15.3. The molecule has 4 rings (SSSR count). The highest BCUT2D eigenvalue weighted by atomic mass is 19.1. The first-order valence-corrected chi connectivity index (χ1v) is 10.9. The number of benzene rings is 2. The standard InChI is InChI=1S/C25H27FN4O2/c1-16-22(17(2)30(29-16)21-12-8-19(26)9-13-21)15-24(31)28-23(25(32)27-20-10-11-20)14-18-6-4-3-5-7-18/h3-9,12-13,20,23H,10-11,14-15H2,1-2H3,(H,27,32)(H,28,31). The van der Waals surface area contributed by atoms with E-state index in [1.807, 2.05) is 44.2 Å². The Bertz CT molecular complexity index is 1100. The summed E-state index contributed by atoms with van der Waals surface area (Å²) in [5.41, 5.74) is 4.05. The molecule has 0 saturated heterocycles. The quantitative estimate of drug-likeness (QED) is 0.572. The molecular weight excluding hydrogens is 407 g/mol. The van der Waals surface area contributed by atoms with E-state index in [1.165, 1.54) is 12.1 Å². The maximum atomic E-state index is 13.3. The maximum Gasteiger partial charge on any atom is 0.243 e. The lowest BCUT2D eigenvalue weighted by molar-refractivity contribution is -0.128. The third-order valence-electron chi connectivity index (χ3n) is 5.71. The Morgan fingerprint density at radius 1 is 1.09 bits per heavy atom. The molecule has 0 radical (unpaired) electrons. The van der Waals surface area contributed by atoms with Crippen molar-refractivity contribution < 1.29 is 14.0 Å². The molecule has 1 atom stereocenters. The Balaban J connectivity index is 1.48. The van der Waals surface area contributed by atoms with Crippen LogP contribution < -0.4 is 10.6 Å². The van der Waals surface area contributed by atoms with E-state index in [0.29, 0.717) is 6.42 Å². The van der Waals surface area contributed by atoms with Gasteiger partial charge in [-0.1, -0.05) is 30.3 Å². The van der Waals surface area contributed by atoms with Crippen LogP contribution in [0.5, 0.6) is 0 Å². The summed E-state index contributed by atoms with van der Waals surface area (Å²) in [6.45, 7) is 3.73. The average molecular weight is 435 g/mol. The smallest absolute Gasteiger partial charge is 0.243 e. The molecular formula is C25H27FN4O2. The molecule has 1 heterocycles. The van der Waals surface area contributed by atoms with Crippen LogP contribution in [-0.2, 0) is 22.4 Å². The number of hydrogen-bond acceptors (Lipinski definition) is 3. The molecule has 1 saturated carbocycles. The van der Waals surface area contributed by atoms with Crippen molar-refractivity contribution in [1.82, 2.24) is 20.4 Å². The predicted octanol–water partition coefficient (Wildman–Crippen LogP) is 3.18. The van der Waals surface area contributed by atoms with E-state index >= 15 is 0 Å². The molecule has 1 aromatic heterocycles. The average Bonchev–Trinajstić information content (AvgIpc) is 3.55. The van der Waals surface area contributed by atoms with Crippen LogP contribution in [0.4, 0.5) is 4.39 Å². The van der Waals surface area contributed by atoms with Gasteiger partial charge < -0.3 is 10.6 Å². The number of nitrogens with zero attached hydrogens (tertiary/aromatic N) is 2. The SMILES string of the molecule is Cc1nn(-c2ccc(F)cc2)c(C)c1CC(=O)NC(Cc1ccccc1)C(=O)NC1CC1. The summed E-state index contributed by atoms with van der Waals surface area (Å²) in [4.78, 5) is 25.7. The predicted molar refractivity (Wildman–Crippen MR) is 120 cm³/mol. The number of carbonyl (C=O) groups is 2. The Hall–Kier alpha value is -3.48. The van der Waals surface area contributed by atoms with E-state index in [1.54, 1.807) is 16.8 Å². The van der Waals surface area contributed by atoms with E-state index in [-0.39, 0.29) is 30.1 Å². The number of hydrogen-bond donors (Lipinski definition) is 2. The minimum Gasteiger partial charge on any atom is -0.352 e. The van der Waals surface area contributed by atoms with Gasteiger partial charge in [0.15, 0.2) is 0 Å². The van der Waals surface area contributed by atoms with Crippen molar-refractivity contribution >= 4 is 11.8 Å². The molecule has 2 amide bonds. The van der Waals surface area contributed by atoms with E-state index < -0.39 is 6.04 Å². The van der Waals surface area contributed by atoms with Crippen LogP contribution in [-0.4, -0.2) is 33.7 Å². The second-order valence-corrected chi connectivity index (χ2v) is 8.31. The van der Waals surface area contributed by atoms with Gasteiger partial charge in [-0.05, 0) is 56.5 Å². The van der Waals surface area contributed by atoms with E-state index in [4.69, 9.17) is 0 Å². The maximum absolute atomic E-state index is 13.3. The van der Waals surface area contributed by atoms with Crippen molar-refractivity contribution in [3.63, 3.8) is 0 Å². The van der Waals surface area contributed by atoms with Crippen LogP contribution in [0, 0.1) is 19.7 Å². The molecule has 1 fully saturated rings. The van der Waals surface area contributed by atoms with Crippen LogP contribution in [0.25, 0.3) is 5.69 Å². The summed E-state index contributed by atoms with van der Waals surface area (Å²) < 4.78 is 15.0. The first-order chi connectivity index (χ1) is 15.4. The van der Waals surface area contributed by atoms with Gasteiger partial charge in [-0.3, -0.25) is 9.59 Å². The molecule has 7 heteroatoms. The highest BCUT2D eigenvalue weighted by Crippen LogP contribution is 2.20. The van der Waals surface area contributed by atoms with E-state index in [2.05, 4.69) is 15.7 Å². The first-order valence-electron chi connectivity index (χ1n) is 10.9. The van der Waals surface area contributed by atoms with Crippen molar-refractivity contribution in [3.05, 3.63) is 82.9 Å². The number of aromatic nitrogens is 2. The Kier molecular flexibility index (Phi) is 6.35. The number of halogens is 1. The van der Waals surface area contributed by atoms with Crippen molar-refractivity contribution in [2.24, 2.45) is 0 Å². The summed E-state index contributed by atoms with van der Waals surface area (Å²) in [5.74, 6) is -0.703. The first kappa shape index (κ1) is 21.7. The Morgan fingerprint density at radius 3 is 2.44 bits per heavy atom. The minimum absolute atomic E-state index is 0.112. The number of carbonyl (C=O) groups excluding carboxylic acids is 2. The summed E-state index contributed by atoms with van der Waals surface area (Å²) in [5, 5.41) is 10.4. The van der Waals surface area contributed by atoms with Gasteiger partial charge in [0.25, 0.3) is 0 Å². The zero-order valence-corrected chi connectivity index (χ0v) is 18.3. The highest BCUT2D eigenvalue weighted by molar-refractivity contribution is 5.89. The molecule has 0 aliphatic heterocycles. The van der Waals surface area contributed by atoms with Crippen LogP contribution in [0.3, 0.4) is 0 Å². The lowest BCUT2D eigenvalue weighted by Crippen LogP contribution is -2.49. The number of nitrogens with one attached hydrogen (secondary N) is 2. The topological polar surface area (TPSA) is 76.0 Å². The van der Waals surface area contributed by atoms with Crippen LogP contribution in [0.2, 0.25) is 0 Å². The molecule has 166 valence electrons. The molecule has 3 aromatic rings. The minimum atomic E-state index is -0.641. The summed E-state index contributed by atoms with van der Waals surface area (Å²) in [6.07, 6.45) is 2.51. The lowest BCUT2D eigenvalue weighted by Gasteiger charge is -2.19. The lowest BCUT2D eigenvalue weighted by atomic mass is 10.0. The monoisotopic (exact) mass is 434 g/mol. The van der Waals surface area contributed by atoms with Gasteiger partial charge in [0, 0.05) is 23.7 Å². The van der Waals surface area contributed by atoms with Crippen molar-refractivity contribution in [3.8, 4) is 5.69 Å². The molecule has 6 nitrogen and oxygen atoms in total. The van der Waals surface area contributed by atoms with Crippen molar-refractivity contribution in [2.75, 3.05) is 0 Å². The van der Waals surface area contributed by atoms with Crippen LogP contribution in [0.15, 0.2) is 54.6 Å². The molecule has 2 N–H and O–H groups in total. The normalized spacial score (nSPS) is 14.1. The van der Waals surface area contributed by atoms with Crippen molar-refractivity contribution in [1.29, 1.82) is 0 Å². The van der Waals surface area contributed by atoms with Gasteiger partial charge in [0.05, 0.1) is 17.8 Å². The fourth-order valence-electron chi connectivity index (χ4n) is 3.76. The third-order valence-corrected chi connectivity index (χ3v) is 5.71. The molecule has 1 aliphatic carbocycles. The van der Waals surface area contributed by atoms with Gasteiger partial charge in [-0.2, -0.15) is 5.10 Å². The molecule has 0 bridgehead atoms. The van der Waals surface area contributed by atoms with Gasteiger partial charge in [-0.25, -0.2) is 9.07 Å². The molecule has 32 heavy (non-hydrogen) atoms. The number of aryl methyl sites for hydroxylation is 1. The zero-order chi connectivity index (χ0) is 22.7. The summed E-state index contributed by atoms with van der Waals surface area (Å²) in [7, 11) is 0. The second kappa shape index (κ2) is 9.34. The molecule has 2 aromatic carbocycles. The Labute approximate surface area is 186 Å². The second-order valence-electron chi connectivity index (χ2n) is 8.31. The summed E-state index contributed by atoms with van der Waals surface area (Å²) >= 11 is 0. The molecule has 1 unspecified atom stereocenters.